The molecule has 1 N–H and O–H groups in total. The Morgan fingerprint density at radius 1 is 1.00 bits per heavy atom. The molecular formula is C20H21NO4. The summed E-state index contributed by atoms with van der Waals surface area (Å²) >= 11 is 0. The second-order valence-electron chi connectivity index (χ2n) is 5.66. The first-order chi connectivity index (χ1) is 12.0. The lowest BCUT2D eigenvalue weighted by molar-refractivity contribution is -0.149. The van der Waals surface area contributed by atoms with Crippen LogP contribution in [-0.4, -0.2) is 24.3 Å². The smallest absolute Gasteiger partial charge is 0.313 e. The fourth-order valence-electron chi connectivity index (χ4n) is 2.45. The van der Waals surface area contributed by atoms with Gasteiger partial charge in [-0.25, -0.2) is 0 Å². The van der Waals surface area contributed by atoms with E-state index in [1.807, 2.05) is 37.3 Å². The number of ketones is 1. The number of ether oxygens (including phenoxy) is 1. The molecule has 130 valence electrons. The van der Waals surface area contributed by atoms with Gasteiger partial charge < -0.3 is 10.1 Å². The minimum absolute atomic E-state index is 0.0432. The van der Waals surface area contributed by atoms with Crippen molar-refractivity contribution in [3.05, 3.63) is 65.7 Å². The number of hydrogen-bond acceptors (Lipinski definition) is 4. The number of Topliss-reactive ketones (excluding diaryl/α,β-unsaturated/α-hetero) is 1. The third-order valence-corrected chi connectivity index (χ3v) is 3.82. The molecule has 0 aliphatic rings. The Hall–Kier alpha value is -2.95. The Labute approximate surface area is 147 Å². The molecule has 0 unspecified atom stereocenters. The van der Waals surface area contributed by atoms with Crippen molar-refractivity contribution in [3.8, 4) is 0 Å². The third kappa shape index (κ3) is 5.28. The highest BCUT2D eigenvalue weighted by molar-refractivity contribution is 5.96. The summed E-state index contributed by atoms with van der Waals surface area (Å²) in [5.41, 5.74) is 1.98. The largest absolute Gasteiger partial charge is 0.455 e. The van der Waals surface area contributed by atoms with Gasteiger partial charge in [0.05, 0.1) is 5.92 Å². The van der Waals surface area contributed by atoms with Crippen molar-refractivity contribution in [2.24, 2.45) is 0 Å². The van der Waals surface area contributed by atoms with Gasteiger partial charge >= 0.3 is 5.97 Å². The van der Waals surface area contributed by atoms with Crippen LogP contribution in [0.2, 0.25) is 0 Å². The molecule has 2 rings (SSSR count). The molecule has 1 amide bonds. The zero-order valence-electron chi connectivity index (χ0n) is 14.3. The first-order valence-electron chi connectivity index (χ1n) is 8.13. The summed E-state index contributed by atoms with van der Waals surface area (Å²) in [4.78, 5) is 35.4. The van der Waals surface area contributed by atoms with Crippen LogP contribution in [-0.2, 0) is 14.3 Å². The fourth-order valence-corrected chi connectivity index (χ4v) is 2.45. The molecule has 0 bridgehead atoms. The Morgan fingerprint density at radius 3 is 2.20 bits per heavy atom. The number of anilines is 1. The molecule has 5 nitrogen and oxygen atoms in total. The number of amides is 1. The molecule has 0 saturated carbocycles. The molecular weight excluding hydrogens is 318 g/mol. The quantitative estimate of drug-likeness (QED) is 0.618. The van der Waals surface area contributed by atoms with E-state index in [-0.39, 0.29) is 18.3 Å². The van der Waals surface area contributed by atoms with Gasteiger partial charge in [0.1, 0.15) is 0 Å². The summed E-state index contributed by atoms with van der Waals surface area (Å²) in [6.07, 6.45) is 0.594. The number of esters is 1. The zero-order valence-corrected chi connectivity index (χ0v) is 14.3. The van der Waals surface area contributed by atoms with E-state index in [0.717, 1.165) is 5.56 Å². The Morgan fingerprint density at radius 2 is 1.64 bits per heavy atom. The van der Waals surface area contributed by atoms with Crippen LogP contribution < -0.4 is 5.32 Å². The minimum Gasteiger partial charge on any atom is -0.455 e. The highest BCUT2D eigenvalue weighted by atomic mass is 16.5. The Balaban J connectivity index is 1.88. The van der Waals surface area contributed by atoms with Gasteiger partial charge in [0.2, 0.25) is 0 Å². The van der Waals surface area contributed by atoms with Crippen molar-refractivity contribution in [3.63, 3.8) is 0 Å². The molecule has 0 aliphatic heterocycles. The SMILES string of the molecule is CC[C@H](C(=O)OCC(=O)Nc1ccc(C(C)=O)cc1)c1ccccc1. The van der Waals surface area contributed by atoms with Crippen molar-refractivity contribution in [2.45, 2.75) is 26.2 Å². The summed E-state index contributed by atoms with van der Waals surface area (Å²) < 4.78 is 5.14. The molecule has 0 saturated heterocycles. The van der Waals surface area contributed by atoms with Gasteiger partial charge in [0, 0.05) is 11.3 Å². The van der Waals surface area contributed by atoms with Crippen LogP contribution in [0.4, 0.5) is 5.69 Å². The zero-order chi connectivity index (χ0) is 18.2. The molecule has 5 heteroatoms. The van der Waals surface area contributed by atoms with Crippen LogP contribution >= 0.6 is 0 Å². The molecule has 0 radical (unpaired) electrons. The highest BCUT2D eigenvalue weighted by Gasteiger charge is 2.20. The third-order valence-electron chi connectivity index (χ3n) is 3.82. The maximum atomic E-state index is 12.2. The molecule has 2 aromatic rings. The van der Waals surface area contributed by atoms with Crippen LogP contribution in [0.25, 0.3) is 0 Å². The van der Waals surface area contributed by atoms with Gasteiger partial charge in [0.15, 0.2) is 12.4 Å². The van der Waals surface area contributed by atoms with Crippen LogP contribution in [0.15, 0.2) is 54.6 Å². The standard InChI is InChI=1S/C20H21NO4/c1-3-18(16-7-5-4-6-8-16)20(24)25-13-19(23)21-17-11-9-15(10-12-17)14(2)22/h4-12,18H,3,13H2,1-2H3,(H,21,23)/t18-/m0/s1. The number of nitrogens with one attached hydrogen (secondary N) is 1. The van der Waals surface area contributed by atoms with Crippen LogP contribution in [0.3, 0.4) is 0 Å². The molecule has 0 aliphatic carbocycles. The van der Waals surface area contributed by atoms with E-state index in [9.17, 15) is 14.4 Å². The first kappa shape index (κ1) is 18.4. The summed E-state index contributed by atoms with van der Waals surface area (Å²) in [5.74, 6) is -1.27. The Kier molecular flexibility index (Phi) is 6.46. The number of benzene rings is 2. The van der Waals surface area contributed by atoms with E-state index in [2.05, 4.69) is 5.32 Å². The molecule has 0 aromatic heterocycles. The lowest BCUT2D eigenvalue weighted by atomic mass is 9.97. The van der Waals surface area contributed by atoms with Crippen molar-refractivity contribution in [1.29, 1.82) is 0 Å². The first-order valence-corrected chi connectivity index (χ1v) is 8.13. The van der Waals surface area contributed by atoms with Crippen molar-refractivity contribution in [1.82, 2.24) is 0 Å². The van der Waals surface area contributed by atoms with Gasteiger partial charge in [0.25, 0.3) is 5.91 Å². The number of carbonyl (C=O) groups is 3. The van der Waals surface area contributed by atoms with Gasteiger partial charge in [-0.15, -0.1) is 0 Å². The summed E-state index contributed by atoms with van der Waals surface area (Å²) in [6, 6.07) is 15.9. The van der Waals surface area contributed by atoms with Crippen molar-refractivity contribution in [2.75, 3.05) is 11.9 Å². The average molecular weight is 339 g/mol. The van der Waals surface area contributed by atoms with Crippen molar-refractivity contribution >= 4 is 23.3 Å². The number of rotatable bonds is 7. The number of hydrogen-bond donors (Lipinski definition) is 1. The average Bonchev–Trinajstić information content (AvgIpc) is 2.62. The summed E-state index contributed by atoms with van der Waals surface area (Å²) in [5, 5.41) is 2.63. The van der Waals surface area contributed by atoms with Crippen LogP contribution in [0.1, 0.15) is 42.1 Å². The number of carbonyl (C=O) groups excluding carboxylic acids is 3. The summed E-state index contributed by atoms with van der Waals surface area (Å²) in [7, 11) is 0. The monoisotopic (exact) mass is 339 g/mol. The van der Waals surface area contributed by atoms with Gasteiger partial charge in [-0.3, -0.25) is 14.4 Å². The second-order valence-corrected chi connectivity index (χ2v) is 5.66. The minimum atomic E-state index is -0.424. The molecule has 0 fully saturated rings. The van der Waals surface area contributed by atoms with E-state index < -0.39 is 11.9 Å². The Bertz CT molecular complexity index is 738. The van der Waals surface area contributed by atoms with Gasteiger partial charge in [-0.1, -0.05) is 37.3 Å². The topological polar surface area (TPSA) is 72.5 Å². The van der Waals surface area contributed by atoms with E-state index in [0.29, 0.717) is 17.7 Å². The second kappa shape index (κ2) is 8.78. The molecule has 2 aromatic carbocycles. The van der Waals surface area contributed by atoms with E-state index in [4.69, 9.17) is 4.74 Å². The van der Waals surface area contributed by atoms with Gasteiger partial charge in [-0.2, -0.15) is 0 Å². The fraction of sp³-hybridized carbons (Fsp3) is 0.250. The molecule has 1 atom stereocenters. The van der Waals surface area contributed by atoms with Crippen molar-refractivity contribution < 1.29 is 19.1 Å². The molecule has 0 heterocycles. The predicted molar refractivity (Wildman–Crippen MR) is 95.5 cm³/mol. The molecule has 25 heavy (non-hydrogen) atoms. The summed E-state index contributed by atoms with van der Waals surface area (Å²) in [6.45, 7) is 3.02. The predicted octanol–water partition coefficient (Wildman–Crippen LogP) is 3.56. The van der Waals surface area contributed by atoms with E-state index in [1.165, 1.54) is 6.92 Å². The van der Waals surface area contributed by atoms with E-state index >= 15 is 0 Å². The van der Waals surface area contributed by atoms with Crippen LogP contribution in [0.5, 0.6) is 0 Å². The molecule has 0 spiro atoms. The highest BCUT2D eigenvalue weighted by Crippen LogP contribution is 2.20. The maximum absolute atomic E-state index is 12.2. The van der Waals surface area contributed by atoms with Crippen LogP contribution in [0, 0.1) is 0 Å². The van der Waals surface area contributed by atoms with Gasteiger partial charge in [-0.05, 0) is 43.2 Å². The lowest BCUT2D eigenvalue weighted by Gasteiger charge is -2.14. The normalized spacial score (nSPS) is 11.4. The maximum Gasteiger partial charge on any atom is 0.313 e. The van der Waals surface area contributed by atoms with E-state index in [1.54, 1.807) is 24.3 Å². The lowest BCUT2D eigenvalue weighted by Crippen LogP contribution is -2.23.